The van der Waals surface area contributed by atoms with Gasteiger partial charge in [-0.1, -0.05) is 36.4 Å². The standard InChI is InChI=1S/C18H22N2O/c1-14(19-18(21)15-9-5-4-6-10-15)13-16-11-7-8-12-17(16)20(2)3/h4-12,14H,13H2,1-3H3,(H,19,21)/t14-/m0/s1. The minimum absolute atomic E-state index is 0.0227. The number of anilines is 1. The minimum Gasteiger partial charge on any atom is -0.377 e. The Morgan fingerprint density at radius 3 is 2.33 bits per heavy atom. The summed E-state index contributed by atoms with van der Waals surface area (Å²) in [6, 6.07) is 17.7. The molecule has 1 N–H and O–H groups in total. The predicted octanol–water partition coefficient (Wildman–Crippen LogP) is 3.11. The molecule has 0 aliphatic carbocycles. The molecular formula is C18H22N2O. The number of carbonyl (C=O) groups excluding carboxylic acids is 1. The largest absolute Gasteiger partial charge is 0.377 e. The maximum absolute atomic E-state index is 12.1. The van der Waals surface area contributed by atoms with Gasteiger partial charge < -0.3 is 10.2 Å². The highest BCUT2D eigenvalue weighted by Gasteiger charge is 2.12. The molecule has 2 aromatic carbocycles. The molecule has 0 unspecified atom stereocenters. The fourth-order valence-electron chi connectivity index (χ4n) is 2.40. The van der Waals surface area contributed by atoms with Crippen LogP contribution in [0.3, 0.4) is 0 Å². The van der Waals surface area contributed by atoms with Crippen LogP contribution in [0.15, 0.2) is 54.6 Å². The van der Waals surface area contributed by atoms with E-state index in [-0.39, 0.29) is 11.9 Å². The number of nitrogens with zero attached hydrogens (tertiary/aromatic N) is 1. The summed E-state index contributed by atoms with van der Waals surface area (Å²) in [4.78, 5) is 14.2. The van der Waals surface area contributed by atoms with Gasteiger partial charge in [0.1, 0.15) is 0 Å². The summed E-state index contributed by atoms with van der Waals surface area (Å²) in [5.41, 5.74) is 3.13. The summed E-state index contributed by atoms with van der Waals surface area (Å²) < 4.78 is 0. The zero-order valence-electron chi connectivity index (χ0n) is 12.8. The first-order chi connectivity index (χ1) is 10.1. The Morgan fingerprint density at radius 2 is 1.67 bits per heavy atom. The van der Waals surface area contributed by atoms with Gasteiger partial charge in [-0.2, -0.15) is 0 Å². The Kier molecular flexibility index (Phi) is 4.99. The molecule has 2 aromatic rings. The molecule has 0 spiro atoms. The quantitative estimate of drug-likeness (QED) is 0.914. The van der Waals surface area contributed by atoms with Crippen LogP contribution in [0.25, 0.3) is 0 Å². The van der Waals surface area contributed by atoms with Crippen molar-refractivity contribution in [1.82, 2.24) is 5.32 Å². The molecule has 1 amide bonds. The van der Waals surface area contributed by atoms with Gasteiger partial charge in [0.2, 0.25) is 0 Å². The molecule has 0 heterocycles. The number of amides is 1. The lowest BCUT2D eigenvalue weighted by Gasteiger charge is -2.20. The summed E-state index contributed by atoms with van der Waals surface area (Å²) in [6.07, 6.45) is 0.812. The van der Waals surface area contributed by atoms with Crippen LogP contribution in [0.4, 0.5) is 5.69 Å². The highest BCUT2D eigenvalue weighted by molar-refractivity contribution is 5.94. The molecule has 0 aromatic heterocycles. The Morgan fingerprint density at radius 1 is 1.05 bits per heavy atom. The first-order valence-electron chi connectivity index (χ1n) is 7.19. The van der Waals surface area contributed by atoms with E-state index in [2.05, 4.69) is 22.3 Å². The molecular weight excluding hydrogens is 260 g/mol. The predicted molar refractivity (Wildman–Crippen MR) is 87.8 cm³/mol. The molecule has 110 valence electrons. The molecule has 0 fully saturated rings. The Balaban J connectivity index is 2.02. The Hall–Kier alpha value is -2.29. The molecule has 0 aliphatic rings. The number of rotatable bonds is 5. The van der Waals surface area contributed by atoms with E-state index in [1.165, 1.54) is 11.3 Å². The average Bonchev–Trinajstić information content (AvgIpc) is 2.48. The molecule has 1 atom stereocenters. The zero-order valence-corrected chi connectivity index (χ0v) is 12.8. The number of para-hydroxylation sites is 1. The van der Waals surface area contributed by atoms with Crippen molar-refractivity contribution in [3.8, 4) is 0 Å². The van der Waals surface area contributed by atoms with Crippen LogP contribution in [0, 0.1) is 0 Å². The topological polar surface area (TPSA) is 32.3 Å². The van der Waals surface area contributed by atoms with Crippen molar-refractivity contribution >= 4 is 11.6 Å². The number of hydrogen-bond donors (Lipinski definition) is 1. The van der Waals surface area contributed by atoms with E-state index >= 15 is 0 Å². The van der Waals surface area contributed by atoms with E-state index in [0.29, 0.717) is 5.56 Å². The fraction of sp³-hybridized carbons (Fsp3) is 0.278. The third kappa shape index (κ3) is 4.09. The maximum Gasteiger partial charge on any atom is 0.251 e. The smallest absolute Gasteiger partial charge is 0.251 e. The molecule has 0 radical (unpaired) electrons. The third-order valence-electron chi connectivity index (χ3n) is 3.41. The first kappa shape index (κ1) is 15.1. The summed E-state index contributed by atoms with van der Waals surface area (Å²) in [5, 5.41) is 3.05. The number of nitrogens with one attached hydrogen (secondary N) is 1. The molecule has 3 nitrogen and oxygen atoms in total. The fourth-order valence-corrected chi connectivity index (χ4v) is 2.40. The van der Waals surface area contributed by atoms with Gasteiger partial charge in [0, 0.05) is 31.4 Å². The van der Waals surface area contributed by atoms with Crippen LogP contribution >= 0.6 is 0 Å². The lowest BCUT2D eigenvalue weighted by atomic mass is 10.0. The van der Waals surface area contributed by atoms with E-state index in [0.717, 1.165) is 6.42 Å². The lowest BCUT2D eigenvalue weighted by molar-refractivity contribution is 0.0940. The van der Waals surface area contributed by atoms with Crippen LogP contribution in [-0.2, 0) is 6.42 Å². The Bertz CT molecular complexity index is 593. The van der Waals surface area contributed by atoms with Crippen molar-refractivity contribution in [2.75, 3.05) is 19.0 Å². The average molecular weight is 282 g/mol. The molecule has 2 rings (SSSR count). The van der Waals surface area contributed by atoms with Crippen molar-refractivity contribution < 1.29 is 4.79 Å². The van der Waals surface area contributed by atoms with Gasteiger partial charge in [-0.25, -0.2) is 0 Å². The summed E-state index contributed by atoms with van der Waals surface area (Å²) >= 11 is 0. The highest BCUT2D eigenvalue weighted by Crippen LogP contribution is 2.19. The van der Waals surface area contributed by atoms with Gasteiger partial charge in [0.05, 0.1) is 0 Å². The summed E-state index contributed by atoms with van der Waals surface area (Å²) in [6.45, 7) is 2.04. The van der Waals surface area contributed by atoms with Gasteiger partial charge in [-0.15, -0.1) is 0 Å². The van der Waals surface area contributed by atoms with Crippen molar-refractivity contribution in [3.05, 3.63) is 65.7 Å². The molecule has 0 bridgehead atoms. The second kappa shape index (κ2) is 6.93. The van der Waals surface area contributed by atoms with Crippen LogP contribution < -0.4 is 10.2 Å². The Labute approximate surface area is 126 Å². The van der Waals surface area contributed by atoms with Gasteiger partial charge in [-0.05, 0) is 37.1 Å². The van der Waals surface area contributed by atoms with Gasteiger partial charge in [0.25, 0.3) is 5.91 Å². The molecule has 21 heavy (non-hydrogen) atoms. The van der Waals surface area contributed by atoms with E-state index in [4.69, 9.17) is 0 Å². The van der Waals surface area contributed by atoms with E-state index in [1.807, 2.05) is 63.5 Å². The van der Waals surface area contributed by atoms with E-state index in [1.54, 1.807) is 0 Å². The second-order valence-electron chi connectivity index (χ2n) is 5.47. The van der Waals surface area contributed by atoms with Crippen molar-refractivity contribution in [2.45, 2.75) is 19.4 Å². The van der Waals surface area contributed by atoms with Crippen molar-refractivity contribution in [1.29, 1.82) is 0 Å². The summed E-state index contributed by atoms with van der Waals surface area (Å²) in [7, 11) is 4.07. The van der Waals surface area contributed by atoms with Crippen LogP contribution in [0.1, 0.15) is 22.8 Å². The normalized spacial score (nSPS) is 11.8. The van der Waals surface area contributed by atoms with E-state index < -0.39 is 0 Å². The van der Waals surface area contributed by atoms with E-state index in [9.17, 15) is 4.79 Å². The maximum atomic E-state index is 12.1. The highest BCUT2D eigenvalue weighted by atomic mass is 16.1. The lowest BCUT2D eigenvalue weighted by Crippen LogP contribution is -2.34. The zero-order chi connectivity index (χ0) is 15.2. The SMILES string of the molecule is C[C@@H](Cc1ccccc1N(C)C)NC(=O)c1ccccc1. The minimum atomic E-state index is -0.0227. The second-order valence-corrected chi connectivity index (χ2v) is 5.47. The van der Waals surface area contributed by atoms with Crippen molar-refractivity contribution in [3.63, 3.8) is 0 Å². The summed E-state index contributed by atoms with van der Waals surface area (Å²) in [5.74, 6) is -0.0227. The molecule has 0 saturated carbocycles. The number of benzene rings is 2. The number of hydrogen-bond acceptors (Lipinski definition) is 2. The van der Waals surface area contributed by atoms with Crippen molar-refractivity contribution in [2.24, 2.45) is 0 Å². The number of carbonyl (C=O) groups is 1. The van der Waals surface area contributed by atoms with Crippen LogP contribution in [0.5, 0.6) is 0 Å². The first-order valence-corrected chi connectivity index (χ1v) is 7.19. The third-order valence-corrected chi connectivity index (χ3v) is 3.41. The van der Waals surface area contributed by atoms with Gasteiger partial charge in [-0.3, -0.25) is 4.79 Å². The molecule has 0 saturated heterocycles. The molecule has 3 heteroatoms. The van der Waals surface area contributed by atoms with Gasteiger partial charge >= 0.3 is 0 Å². The molecule has 0 aliphatic heterocycles. The van der Waals surface area contributed by atoms with Crippen LogP contribution in [-0.4, -0.2) is 26.0 Å². The van der Waals surface area contributed by atoms with Crippen LogP contribution in [0.2, 0.25) is 0 Å². The monoisotopic (exact) mass is 282 g/mol. The van der Waals surface area contributed by atoms with Gasteiger partial charge in [0.15, 0.2) is 0 Å².